The third-order valence-electron chi connectivity index (χ3n) is 7.38. The van der Waals surface area contributed by atoms with E-state index in [9.17, 15) is 19.8 Å². The summed E-state index contributed by atoms with van der Waals surface area (Å²) in [5.74, 6) is -2.30. The molecule has 0 aromatic heterocycles. The molecule has 0 aliphatic carbocycles. The zero-order valence-corrected chi connectivity index (χ0v) is 22.7. The molecule has 4 nitrogen and oxygen atoms in total. The summed E-state index contributed by atoms with van der Waals surface area (Å²) in [6, 6.07) is 7.58. The summed E-state index contributed by atoms with van der Waals surface area (Å²) < 4.78 is 0. The molecule has 0 unspecified atom stereocenters. The molecule has 2 N–H and O–H groups in total. The second-order valence-electron chi connectivity index (χ2n) is 10.4. The number of hydrogen-bond donors (Lipinski definition) is 2. The monoisotopic (exact) mass is 496 g/mol. The molecule has 200 valence electrons. The number of fused-ring (bicyclic) bond motifs is 1. The Balaban J connectivity index is 2.17. The number of benzene rings is 2. The van der Waals surface area contributed by atoms with Crippen molar-refractivity contribution in [2.24, 2.45) is 0 Å². The molecule has 2 aromatic carbocycles. The number of aryl methyl sites for hydroxylation is 2. The van der Waals surface area contributed by atoms with Crippen LogP contribution in [-0.2, 0) is 12.8 Å². The average Bonchev–Trinajstić information content (AvgIpc) is 2.86. The fraction of sp³-hybridized carbons (Fsp3) is 0.625. The van der Waals surface area contributed by atoms with E-state index in [4.69, 9.17) is 0 Å². The van der Waals surface area contributed by atoms with Crippen LogP contribution in [0.1, 0.15) is 148 Å². The summed E-state index contributed by atoms with van der Waals surface area (Å²) in [4.78, 5) is 24.3. The molecule has 0 spiro atoms. The lowest BCUT2D eigenvalue weighted by molar-refractivity contribution is 0.0651. The van der Waals surface area contributed by atoms with E-state index in [2.05, 4.69) is 19.9 Å². The minimum atomic E-state index is -1.17. The zero-order chi connectivity index (χ0) is 26.2. The highest BCUT2D eigenvalue weighted by Gasteiger charge is 2.24. The van der Waals surface area contributed by atoms with Crippen LogP contribution in [-0.4, -0.2) is 22.2 Å². The molecule has 4 heteroatoms. The van der Waals surface area contributed by atoms with Gasteiger partial charge in [0.15, 0.2) is 0 Å². The van der Waals surface area contributed by atoms with Crippen molar-refractivity contribution in [1.29, 1.82) is 0 Å². The molecule has 0 radical (unpaired) electrons. The van der Waals surface area contributed by atoms with Gasteiger partial charge < -0.3 is 10.2 Å². The lowest BCUT2D eigenvalue weighted by Crippen LogP contribution is -2.13. The molecule has 0 saturated heterocycles. The number of hydrogen-bond acceptors (Lipinski definition) is 2. The molecular formula is C32H48O4. The van der Waals surface area contributed by atoms with Crippen LogP contribution in [0.25, 0.3) is 10.8 Å². The maximum Gasteiger partial charge on any atom is 0.336 e. The SMILES string of the molecule is CCCCCCCCCCc1cccc2cc(C(=O)O)c(C(=O)O)c(CCCCCCCCCC)c12. The fourth-order valence-corrected chi connectivity index (χ4v) is 5.38. The lowest BCUT2D eigenvalue weighted by Gasteiger charge is -2.17. The highest BCUT2D eigenvalue weighted by molar-refractivity contribution is 6.09. The van der Waals surface area contributed by atoms with Gasteiger partial charge in [-0.05, 0) is 53.6 Å². The van der Waals surface area contributed by atoms with Crippen molar-refractivity contribution in [2.45, 2.75) is 129 Å². The third kappa shape index (κ3) is 9.59. The Labute approximate surface area is 218 Å². The van der Waals surface area contributed by atoms with Crippen molar-refractivity contribution in [2.75, 3.05) is 0 Å². The van der Waals surface area contributed by atoms with Gasteiger partial charge in [0.05, 0.1) is 11.1 Å². The first-order valence-electron chi connectivity index (χ1n) is 14.5. The van der Waals surface area contributed by atoms with E-state index in [1.54, 1.807) is 6.07 Å². The highest BCUT2D eigenvalue weighted by Crippen LogP contribution is 2.32. The second kappa shape index (κ2) is 17.2. The first-order chi connectivity index (χ1) is 17.5. The Morgan fingerprint density at radius 2 is 1.14 bits per heavy atom. The number of carbonyl (C=O) groups is 2. The molecular weight excluding hydrogens is 448 g/mol. The first kappa shape index (κ1) is 29.9. The topological polar surface area (TPSA) is 74.6 Å². The molecule has 0 heterocycles. The minimum Gasteiger partial charge on any atom is -0.478 e. The number of unbranched alkanes of at least 4 members (excludes halogenated alkanes) is 14. The summed E-state index contributed by atoms with van der Waals surface area (Å²) >= 11 is 0. The van der Waals surface area contributed by atoms with Gasteiger partial charge in [0, 0.05) is 0 Å². The van der Waals surface area contributed by atoms with Crippen LogP contribution in [0, 0.1) is 0 Å². The fourth-order valence-electron chi connectivity index (χ4n) is 5.38. The largest absolute Gasteiger partial charge is 0.478 e. The van der Waals surface area contributed by atoms with Gasteiger partial charge in [0.25, 0.3) is 0 Å². The minimum absolute atomic E-state index is 0.0127. The summed E-state index contributed by atoms with van der Waals surface area (Å²) in [5, 5.41) is 21.7. The molecule has 36 heavy (non-hydrogen) atoms. The molecule has 0 saturated carbocycles. The van der Waals surface area contributed by atoms with Crippen LogP contribution in [0.5, 0.6) is 0 Å². The van der Waals surface area contributed by atoms with Crippen LogP contribution >= 0.6 is 0 Å². The van der Waals surface area contributed by atoms with Gasteiger partial charge in [-0.3, -0.25) is 0 Å². The molecule has 0 fully saturated rings. The Bertz CT molecular complexity index is 947. The van der Waals surface area contributed by atoms with Gasteiger partial charge >= 0.3 is 11.9 Å². The van der Waals surface area contributed by atoms with Crippen molar-refractivity contribution >= 4 is 22.7 Å². The van der Waals surface area contributed by atoms with Crippen LogP contribution in [0.2, 0.25) is 0 Å². The van der Waals surface area contributed by atoms with Gasteiger partial charge in [0.2, 0.25) is 0 Å². The number of carboxylic acid groups (broad SMARTS) is 2. The van der Waals surface area contributed by atoms with Gasteiger partial charge in [-0.1, -0.05) is 122 Å². The zero-order valence-electron chi connectivity index (χ0n) is 22.7. The summed E-state index contributed by atoms with van der Waals surface area (Å²) in [6.45, 7) is 4.46. The van der Waals surface area contributed by atoms with Crippen LogP contribution in [0.4, 0.5) is 0 Å². The predicted octanol–water partition coefficient (Wildman–Crippen LogP) is 9.60. The maximum atomic E-state index is 12.3. The quantitative estimate of drug-likeness (QED) is 0.179. The van der Waals surface area contributed by atoms with Gasteiger partial charge in [-0.25, -0.2) is 9.59 Å². The number of rotatable bonds is 20. The normalized spacial score (nSPS) is 11.3. The molecule has 0 bridgehead atoms. The Morgan fingerprint density at radius 3 is 1.64 bits per heavy atom. The summed E-state index contributed by atoms with van der Waals surface area (Å²) in [5.41, 5.74) is 1.78. The second-order valence-corrected chi connectivity index (χ2v) is 10.4. The predicted molar refractivity (Wildman–Crippen MR) is 150 cm³/mol. The van der Waals surface area contributed by atoms with Gasteiger partial charge in [0.1, 0.15) is 0 Å². The maximum absolute atomic E-state index is 12.3. The first-order valence-corrected chi connectivity index (χ1v) is 14.5. The molecule has 0 aliphatic rings. The van der Waals surface area contributed by atoms with E-state index in [1.807, 2.05) is 12.1 Å². The summed E-state index contributed by atoms with van der Waals surface area (Å²) in [7, 11) is 0. The van der Waals surface area contributed by atoms with Crippen molar-refractivity contribution in [1.82, 2.24) is 0 Å². The lowest BCUT2D eigenvalue weighted by atomic mass is 9.87. The molecule has 2 rings (SSSR count). The van der Waals surface area contributed by atoms with E-state index in [1.165, 1.54) is 77.0 Å². The van der Waals surface area contributed by atoms with E-state index < -0.39 is 11.9 Å². The van der Waals surface area contributed by atoms with Gasteiger partial charge in [-0.2, -0.15) is 0 Å². The Hall–Kier alpha value is -2.36. The number of carboxylic acids is 2. The van der Waals surface area contributed by atoms with E-state index in [0.717, 1.165) is 54.0 Å². The van der Waals surface area contributed by atoms with Crippen molar-refractivity contribution < 1.29 is 19.8 Å². The highest BCUT2D eigenvalue weighted by atomic mass is 16.4. The van der Waals surface area contributed by atoms with Crippen molar-refractivity contribution in [3.8, 4) is 0 Å². The molecule has 2 aromatic rings. The third-order valence-corrected chi connectivity index (χ3v) is 7.38. The van der Waals surface area contributed by atoms with Gasteiger partial charge in [-0.15, -0.1) is 0 Å². The standard InChI is InChI=1S/C32H48O4/c1-3-5-7-9-11-13-15-17-20-25-21-19-22-26-24-28(31(33)34)30(32(35)36)27(29(25)26)23-18-16-14-12-10-8-6-4-2/h19,21-22,24H,3-18,20,23H2,1-2H3,(H,33,34)(H,35,36). The molecule has 0 atom stereocenters. The number of aromatic carboxylic acids is 2. The Morgan fingerprint density at radius 1 is 0.639 bits per heavy atom. The average molecular weight is 497 g/mol. The van der Waals surface area contributed by atoms with E-state index in [-0.39, 0.29) is 11.1 Å². The molecule has 0 aliphatic heterocycles. The van der Waals surface area contributed by atoms with E-state index in [0.29, 0.717) is 6.42 Å². The van der Waals surface area contributed by atoms with Crippen LogP contribution < -0.4 is 0 Å². The smallest absolute Gasteiger partial charge is 0.336 e. The van der Waals surface area contributed by atoms with E-state index >= 15 is 0 Å². The van der Waals surface area contributed by atoms with Crippen molar-refractivity contribution in [3.63, 3.8) is 0 Å². The molecule has 0 amide bonds. The van der Waals surface area contributed by atoms with Crippen molar-refractivity contribution in [3.05, 3.63) is 46.5 Å². The Kier molecular flexibility index (Phi) is 14.2. The van der Waals surface area contributed by atoms with Crippen LogP contribution in [0.15, 0.2) is 24.3 Å². The summed E-state index contributed by atoms with van der Waals surface area (Å²) in [6.07, 6.45) is 20.9. The van der Waals surface area contributed by atoms with Crippen LogP contribution in [0.3, 0.4) is 0 Å².